The Morgan fingerprint density at radius 1 is 1.10 bits per heavy atom. The van der Waals surface area contributed by atoms with Gasteiger partial charge in [0.05, 0.1) is 24.8 Å². The zero-order valence-corrected chi connectivity index (χ0v) is 18.9. The van der Waals surface area contributed by atoms with Crippen LogP contribution in [0.25, 0.3) is 0 Å². The maximum Gasteiger partial charge on any atom is 0.251 e. The largest absolute Gasteiger partial charge is 0.379 e. The Bertz CT molecular complexity index is 642. The Balaban J connectivity index is 1.40. The Hall–Kier alpha value is -1.67. The van der Waals surface area contributed by atoms with Gasteiger partial charge in [-0.25, -0.2) is 0 Å². The number of ether oxygens (including phenoxy) is 2. The molecular weight excluding hydrogens is 392 g/mol. The van der Waals surface area contributed by atoms with Crippen LogP contribution in [0.2, 0.25) is 0 Å². The molecule has 7 nitrogen and oxygen atoms in total. The van der Waals surface area contributed by atoms with Crippen molar-refractivity contribution in [1.29, 1.82) is 10.5 Å². The molecule has 0 aromatic rings. The van der Waals surface area contributed by atoms with E-state index in [2.05, 4.69) is 22.8 Å². The molecular formula is C24H38N4O3. The maximum atomic E-state index is 12.7. The molecule has 0 bridgehead atoms. The molecule has 1 unspecified atom stereocenters. The molecule has 7 heteroatoms. The molecule has 0 aromatic carbocycles. The quantitative estimate of drug-likeness (QED) is 0.671. The van der Waals surface area contributed by atoms with Gasteiger partial charge in [0.2, 0.25) is 0 Å². The molecule has 1 saturated heterocycles. The zero-order valence-electron chi connectivity index (χ0n) is 18.9. The number of nitriles is 2. The lowest BCUT2D eigenvalue weighted by Crippen LogP contribution is -2.49. The SMILES string of the molecule is COC1CCNC[C@@H](C(=O)N[C@H](C#N)CC2CCC(C3CCC(C#N)CC3)CC2)OC1. The summed E-state index contributed by atoms with van der Waals surface area (Å²) in [4.78, 5) is 12.7. The summed E-state index contributed by atoms with van der Waals surface area (Å²) < 4.78 is 11.1. The van der Waals surface area contributed by atoms with Gasteiger partial charge in [-0.2, -0.15) is 10.5 Å². The zero-order chi connectivity index (χ0) is 22.1. The van der Waals surface area contributed by atoms with Gasteiger partial charge in [-0.05, 0) is 75.7 Å². The summed E-state index contributed by atoms with van der Waals surface area (Å²) in [5, 5.41) is 24.9. The summed E-state index contributed by atoms with van der Waals surface area (Å²) in [5.41, 5.74) is 0. The number of nitrogens with one attached hydrogen (secondary N) is 2. The van der Waals surface area contributed by atoms with Crippen LogP contribution in [0.3, 0.4) is 0 Å². The molecule has 31 heavy (non-hydrogen) atoms. The van der Waals surface area contributed by atoms with Crippen molar-refractivity contribution in [3.8, 4) is 12.1 Å². The number of carbonyl (C=O) groups excluding carboxylic acids is 1. The highest BCUT2D eigenvalue weighted by atomic mass is 16.5. The van der Waals surface area contributed by atoms with Gasteiger partial charge in [0, 0.05) is 19.6 Å². The predicted molar refractivity (Wildman–Crippen MR) is 117 cm³/mol. The summed E-state index contributed by atoms with van der Waals surface area (Å²) in [5.74, 6) is 2.10. The molecule has 2 saturated carbocycles. The Morgan fingerprint density at radius 3 is 2.39 bits per heavy atom. The van der Waals surface area contributed by atoms with Crippen molar-refractivity contribution >= 4 is 5.91 Å². The normalized spacial score (nSPS) is 35.6. The lowest BCUT2D eigenvalue weighted by Gasteiger charge is -2.37. The number of rotatable bonds is 6. The number of hydrogen-bond acceptors (Lipinski definition) is 6. The molecule has 1 heterocycles. The smallest absolute Gasteiger partial charge is 0.251 e. The molecule has 3 atom stereocenters. The Kier molecular flexibility index (Phi) is 9.58. The van der Waals surface area contributed by atoms with Crippen LogP contribution < -0.4 is 10.6 Å². The maximum absolute atomic E-state index is 12.7. The van der Waals surface area contributed by atoms with E-state index in [0.29, 0.717) is 19.1 Å². The summed E-state index contributed by atoms with van der Waals surface area (Å²) in [6, 6.07) is 4.25. The molecule has 3 fully saturated rings. The Morgan fingerprint density at radius 2 is 1.77 bits per heavy atom. The number of carbonyl (C=O) groups is 1. The van der Waals surface area contributed by atoms with Crippen LogP contribution in [-0.4, -0.2) is 51.0 Å². The number of methoxy groups -OCH3 is 1. The highest BCUT2D eigenvalue weighted by Gasteiger charge is 2.32. The van der Waals surface area contributed by atoms with Crippen LogP contribution in [0.15, 0.2) is 0 Å². The second kappa shape index (κ2) is 12.4. The van der Waals surface area contributed by atoms with Crippen molar-refractivity contribution in [3.05, 3.63) is 0 Å². The molecule has 1 aliphatic heterocycles. The van der Waals surface area contributed by atoms with Gasteiger partial charge >= 0.3 is 0 Å². The van der Waals surface area contributed by atoms with E-state index in [9.17, 15) is 10.1 Å². The first kappa shape index (κ1) is 24.0. The van der Waals surface area contributed by atoms with Crippen molar-refractivity contribution in [1.82, 2.24) is 10.6 Å². The first-order chi connectivity index (χ1) is 15.1. The minimum absolute atomic E-state index is 0.0139. The fourth-order valence-corrected chi connectivity index (χ4v) is 5.57. The molecule has 172 valence electrons. The average molecular weight is 431 g/mol. The second-order valence-electron chi connectivity index (χ2n) is 9.62. The van der Waals surface area contributed by atoms with E-state index in [4.69, 9.17) is 14.7 Å². The number of hydrogen-bond donors (Lipinski definition) is 2. The third-order valence-corrected chi connectivity index (χ3v) is 7.64. The summed E-state index contributed by atoms with van der Waals surface area (Å²) in [6.45, 7) is 1.64. The third-order valence-electron chi connectivity index (χ3n) is 7.64. The standard InChI is InChI=1S/C24H38N4O3/c1-30-22-10-11-27-15-23(31-16-22)24(29)28-21(14-26)12-17-2-6-19(7-3-17)20-8-4-18(13-25)5-9-20/h17-23,27H,2-12,15-16H2,1H3,(H,28,29)/t17?,18?,19?,20?,21-,22?,23-/m0/s1. The Labute approximate surface area is 186 Å². The molecule has 2 N–H and O–H groups in total. The molecule has 0 radical (unpaired) electrons. The fraction of sp³-hybridized carbons (Fsp3) is 0.875. The van der Waals surface area contributed by atoms with E-state index in [1.807, 2.05) is 0 Å². The van der Waals surface area contributed by atoms with Crippen LogP contribution in [0.1, 0.15) is 64.2 Å². The minimum Gasteiger partial charge on any atom is -0.379 e. The fourth-order valence-electron chi connectivity index (χ4n) is 5.57. The van der Waals surface area contributed by atoms with Crippen molar-refractivity contribution < 1.29 is 14.3 Å². The van der Waals surface area contributed by atoms with Crippen LogP contribution in [0.5, 0.6) is 0 Å². The average Bonchev–Trinajstić information content (AvgIpc) is 2.79. The van der Waals surface area contributed by atoms with Crippen LogP contribution in [0, 0.1) is 46.3 Å². The van der Waals surface area contributed by atoms with Crippen molar-refractivity contribution in [2.24, 2.45) is 23.7 Å². The number of nitrogens with zero attached hydrogens (tertiary/aromatic N) is 2. The molecule has 0 spiro atoms. The lowest BCUT2D eigenvalue weighted by molar-refractivity contribution is -0.136. The first-order valence-corrected chi connectivity index (χ1v) is 12.1. The van der Waals surface area contributed by atoms with Gasteiger partial charge in [-0.1, -0.05) is 12.8 Å². The summed E-state index contributed by atoms with van der Waals surface area (Å²) in [6.07, 6.45) is 10.2. The van der Waals surface area contributed by atoms with Crippen molar-refractivity contribution in [3.63, 3.8) is 0 Å². The van der Waals surface area contributed by atoms with E-state index < -0.39 is 12.1 Å². The van der Waals surface area contributed by atoms with Crippen LogP contribution >= 0.6 is 0 Å². The monoisotopic (exact) mass is 430 g/mol. The van der Waals surface area contributed by atoms with Gasteiger partial charge in [-0.3, -0.25) is 4.79 Å². The third kappa shape index (κ3) is 7.17. The predicted octanol–water partition coefficient (Wildman–Crippen LogP) is 2.91. The van der Waals surface area contributed by atoms with E-state index in [0.717, 1.165) is 56.9 Å². The van der Waals surface area contributed by atoms with E-state index >= 15 is 0 Å². The highest BCUT2D eigenvalue weighted by Crippen LogP contribution is 2.42. The molecule has 3 rings (SSSR count). The van der Waals surface area contributed by atoms with Gasteiger partial charge in [0.15, 0.2) is 0 Å². The van der Waals surface area contributed by atoms with Crippen molar-refractivity contribution in [2.45, 2.75) is 82.5 Å². The minimum atomic E-state index is -0.590. The van der Waals surface area contributed by atoms with Crippen molar-refractivity contribution in [2.75, 3.05) is 26.8 Å². The van der Waals surface area contributed by atoms with Gasteiger partial charge in [-0.15, -0.1) is 0 Å². The van der Waals surface area contributed by atoms with E-state index in [1.165, 1.54) is 25.7 Å². The summed E-state index contributed by atoms with van der Waals surface area (Å²) >= 11 is 0. The molecule has 2 aliphatic carbocycles. The van der Waals surface area contributed by atoms with Crippen LogP contribution in [-0.2, 0) is 14.3 Å². The molecule has 3 aliphatic rings. The van der Waals surface area contributed by atoms with Crippen LogP contribution in [0.4, 0.5) is 0 Å². The second-order valence-corrected chi connectivity index (χ2v) is 9.62. The van der Waals surface area contributed by atoms with Gasteiger partial charge in [0.1, 0.15) is 12.1 Å². The van der Waals surface area contributed by atoms with E-state index in [-0.39, 0.29) is 17.9 Å². The first-order valence-electron chi connectivity index (χ1n) is 12.1. The summed E-state index contributed by atoms with van der Waals surface area (Å²) in [7, 11) is 1.66. The number of amides is 1. The highest BCUT2D eigenvalue weighted by molar-refractivity contribution is 5.81. The molecule has 1 amide bonds. The van der Waals surface area contributed by atoms with Gasteiger partial charge in [0.25, 0.3) is 5.91 Å². The van der Waals surface area contributed by atoms with E-state index in [1.54, 1.807) is 7.11 Å². The topological polar surface area (TPSA) is 107 Å². The molecule has 0 aromatic heterocycles. The lowest BCUT2D eigenvalue weighted by atomic mass is 9.69. The van der Waals surface area contributed by atoms with Gasteiger partial charge < -0.3 is 20.1 Å².